The molecular weight excluding hydrogens is 372 g/mol. The van der Waals surface area contributed by atoms with Crippen molar-refractivity contribution < 1.29 is 14.9 Å². The molecular formula is C27H42O3. The fourth-order valence-corrected chi connectivity index (χ4v) is 8.46. The molecule has 3 fully saturated rings. The Bertz CT molecular complexity index is 768. The second-order valence-electron chi connectivity index (χ2n) is 12.2. The Hall–Kier alpha value is -0.640. The summed E-state index contributed by atoms with van der Waals surface area (Å²) in [7, 11) is 0. The van der Waals surface area contributed by atoms with E-state index in [1.807, 2.05) is 0 Å². The lowest BCUT2D eigenvalue weighted by molar-refractivity contribution is -0.000634. The molecule has 0 aromatic rings. The SMILES string of the molecule is CC(C)C/C=C/[C@@H](C)[C@@H]1CC[C@@H]2C3=C(CC[C@@]21C)[C@@]1(C)CC[C@H](O)C[C@@]12O[C@H]2[C@H]3O. The monoisotopic (exact) mass is 414 g/mol. The zero-order valence-electron chi connectivity index (χ0n) is 19.7. The van der Waals surface area contributed by atoms with Crippen LogP contribution in [0.2, 0.25) is 0 Å². The fraction of sp³-hybridized carbons (Fsp3) is 0.852. The number of rotatable bonds is 4. The minimum atomic E-state index is -0.464. The third-order valence-corrected chi connectivity index (χ3v) is 10.2. The maximum atomic E-state index is 11.5. The Labute approximate surface area is 183 Å². The molecule has 0 aromatic heterocycles. The molecule has 0 aromatic carbocycles. The Morgan fingerprint density at radius 1 is 1.10 bits per heavy atom. The van der Waals surface area contributed by atoms with Crippen molar-refractivity contribution in [1.82, 2.24) is 0 Å². The first-order chi connectivity index (χ1) is 14.1. The van der Waals surface area contributed by atoms with Gasteiger partial charge in [0, 0.05) is 11.8 Å². The second kappa shape index (κ2) is 6.93. The molecule has 5 aliphatic rings. The maximum Gasteiger partial charge on any atom is 0.118 e. The van der Waals surface area contributed by atoms with Gasteiger partial charge >= 0.3 is 0 Å². The van der Waals surface area contributed by atoms with Crippen LogP contribution in [0.4, 0.5) is 0 Å². The molecule has 1 aliphatic heterocycles. The third kappa shape index (κ3) is 2.74. The minimum absolute atomic E-state index is 0.00760. The minimum Gasteiger partial charge on any atom is -0.393 e. The number of epoxide rings is 1. The lowest BCUT2D eigenvalue weighted by atomic mass is 9.50. The van der Waals surface area contributed by atoms with Gasteiger partial charge in [0.25, 0.3) is 0 Å². The summed E-state index contributed by atoms with van der Waals surface area (Å²) >= 11 is 0. The van der Waals surface area contributed by atoms with Gasteiger partial charge in [0.15, 0.2) is 0 Å². The third-order valence-electron chi connectivity index (χ3n) is 10.2. The average molecular weight is 415 g/mol. The highest BCUT2D eigenvalue weighted by atomic mass is 16.6. The number of aliphatic hydroxyl groups is 2. The number of fused-ring (bicyclic) bond motifs is 3. The Kier molecular flexibility index (Phi) is 4.90. The number of aliphatic hydroxyl groups excluding tert-OH is 2. The van der Waals surface area contributed by atoms with E-state index in [1.165, 1.54) is 30.4 Å². The van der Waals surface area contributed by atoms with Crippen molar-refractivity contribution in [3.05, 3.63) is 23.3 Å². The van der Waals surface area contributed by atoms with Crippen LogP contribution in [0.1, 0.15) is 86.0 Å². The molecule has 1 spiro atoms. The molecule has 168 valence electrons. The fourth-order valence-electron chi connectivity index (χ4n) is 8.46. The molecule has 0 unspecified atom stereocenters. The molecule has 0 bridgehead atoms. The molecule has 9 atom stereocenters. The summed E-state index contributed by atoms with van der Waals surface area (Å²) in [5, 5.41) is 21.8. The predicted molar refractivity (Wildman–Crippen MR) is 120 cm³/mol. The summed E-state index contributed by atoms with van der Waals surface area (Å²) in [5.74, 6) is 2.50. The van der Waals surface area contributed by atoms with Crippen molar-refractivity contribution in [2.45, 2.75) is 110 Å². The van der Waals surface area contributed by atoms with Gasteiger partial charge < -0.3 is 14.9 Å². The van der Waals surface area contributed by atoms with Gasteiger partial charge in [0.05, 0.1) is 6.10 Å². The zero-order valence-corrected chi connectivity index (χ0v) is 19.7. The van der Waals surface area contributed by atoms with E-state index in [-0.39, 0.29) is 28.6 Å². The molecule has 5 rings (SSSR count). The van der Waals surface area contributed by atoms with E-state index < -0.39 is 6.10 Å². The molecule has 4 aliphatic carbocycles. The van der Waals surface area contributed by atoms with Gasteiger partial charge in [-0.15, -0.1) is 0 Å². The van der Waals surface area contributed by atoms with E-state index in [0.29, 0.717) is 30.1 Å². The summed E-state index contributed by atoms with van der Waals surface area (Å²) in [6.45, 7) is 11.9. The molecule has 1 heterocycles. The van der Waals surface area contributed by atoms with Gasteiger partial charge in [-0.25, -0.2) is 0 Å². The van der Waals surface area contributed by atoms with Crippen LogP contribution in [0.15, 0.2) is 23.3 Å². The van der Waals surface area contributed by atoms with E-state index in [9.17, 15) is 10.2 Å². The van der Waals surface area contributed by atoms with Crippen LogP contribution in [0.25, 0.3) is 0 Å². The molecule has 3 nitrogen and oxygen atoms in total. The summed E-state index contributed by atoms with van der Waals surface area (Å²) in [6, 6.07) is 0. The van der Waals surface area contributed by atoms with Crippen LogP contribution in [-0.2, 0) is 4.74 Å². The largest absolute Gasteiger partial charge is 0.393 e. The van der Waals surface area contributed by atoms with Crippen LogP contribution in [-0.4, -0.2) is 34.1 Å². The number of hydrogen-bond acceptors (Lipinski definition) is 3. The van der Waals surface area contributed by atoms with Crippen LogP contribution < -0.4 is 0 Å². The molecule has 1 saturated heterocycles. The average Bonchev–Trinajstić information content (AvgIpc) is 3.29. The highest BCUT2D eigenvalue weighted by Gasteiger charge is 2.76. The second-order valence-corrected chi connectivity index (χ2v) is 12.2. The first kappa shape index (κ1) is 21.2. The zero-order chi connectivity index (χ0) is 21.5. The van der Waals surface area contributed by atoms with Crippen LogP contribution in [0, 0.1) is 34.5 Å². The van der Waals surface area contributed by atoms with E-state index in [2.05, 4.69) is 46.8 Å². The Balaban J connectivity index is 1.46. The number of ether oxygens (including phenoxy) is 1. The molecule has 30 heavy (non-hydrogen) atoms. The van der Waals surface area contributed by atoms with Gasteiger partial charge in [-0.05, 0) is 79.6 Å². The molecule has 3 heteroatoms. The van der Waals surface area contributed by atoms with Crippen molar-refractivity contribution in [2.24, 2.45) is 34.5 Å². The summed E-state index contributed by atoms with van der Waals surface area (Å²) in [5.41, 5.74) is 2.86. The van der Waals surface area contributed by atoms with Crippen molar-refractivity contribution in [1.29, 1.82) is 0 Å². The van der Waals surface area contributed by atoms with Gasteiger partial charge in [0.1, 0.15) is 17.8 Å². The summed E-state index contributed by atoms with van der Waals surface area (Å²) < 4.78 is 6.32. The molecule has 0 amide bonds. The first-order valence-corrected chi connectivity index (χ1v) is 12.6. The lowest BCUT2D eigenvalue weighted by Gasteiger charge is -2.54. The quantitative estimate of drug-likeness (QED) is 0.478. The standard InChI is InChI=1S/C27H42O3/c1-16(2)7-6-8-17(3)19-9-10-20-22-21(12-13-25(19,20)4)26(5)14-11-18(28)15-27(26)24(30-27)23(22)29/h6,8,16-20,23-24,28-29H,7,9-15H2,1-5H3/b8-6+/t17-,18+,19+,20-,23+,24+,25-,26-,27+/m1/s1. The van der Waals surface area contributed by atoms with Crippen LogP contribution >= 0.6 is 0 Å². The highest BCUT2D eigenvalue weighted by Crippen LogP contribution is 2.72. The van der Waals surface area contributed by atoms with Crippen molar-refractivity contribution in [2.75, 3.05) is 0 Å². The van der Waals surface area contributed by atoms with E-state index in [1.54, 1.807) is 0 Å². The van der Waals surface area contributed by atoms with Gasteiger partial charge in [-0.3, -0.25) is 0 Å². The van der Waals surface area contributed by atoms with Gasteiger partial charge in [-0.1, -0.05) is 52.3 Å². The van der Waals surface area contributed by atoms with E-state index >= 15 is 0 Å². The predicted octanol–water partition coefficient (Wildman–Crippen LogP) is 5.41. The first-order valence-electron chi connectivity index (χ1n) is 12.6. The number of allylic oxidation sites excluding steroid dienone is 2. The summed E-state index contributed by atoms with van der Waals surface area (Å²) in [6.07, 6.45) is 12.6. The van der Waals surface area contributed by atoms with Crippen LogP contribution in [0.5, 0.6) is 0 Å². The van der Waals surface area contributed by atoms with Crippen LogP contribution in [0.3, 0.4) is 0 Å². The van der Waals surface area contributed by atoms with E-state index in [0.717, 1.165) is 25.7 Å². The lowest BCUT2D eigenvalue weighted by Crippen LogP contribution is -2.55. The normalized spacial score (nSPS) is 50.9. The molecule has 2 N–H and O–H groups in total. The molecule has 2 saturated carbocycles. The Morgan fingerprint density at radius 2 is 1.87 bits per heavy atom. The maximum absolute atomic E-state index is 11.5. The van der Waals surface area contributed by atoms with Gasteiger partial charge in [0.2, 0.25) is 0 Å². The smallest absolute Gasteiger partial charge is 0.118 e. The Morgan fingerprint density at radius 3 is 2.60 bits per heavy atom. The van der Waals surface area contributed by atoms with Crippen molar-refractivity contribution >= 4 is 0 Å². The summed E-state index contributed by atoms with van der Waals surface area (Å²) in [4.78, 5) is 0. The van der Waals surface area contributed by atoms with Gasteiger partial charge in [-0.2, -0.15) is 0 Å². The highest BCUT2D eigenvalue weighted by molar-refractivity contribution is 5.45. The topological polar surface area (TPSA) is 53.0 Å². The molecule has 0 radical (unpaired) electrons. The number of hydrogen-bond donors (Lipinski definition) is 2. The van der Waals surface area contributed by atoms with E-state index in [4.69, 9.17) is 4.74 Å². The van der Waals surface area contributed by atoms with Crippen molar-refractivity contribution in [3.8, 4) is 0 Å². The van der Waals surface area contributed by atoms with Crippen molar-refractivity contribution in [3.63, 3.8) is 0 Å².